The minimum absolute atomic E-state index is 0.0964. The first kappa shape index (κ1) is 23.1. The predicted molar refractivity (Wildman–Crippen MR) is 136 cm³/mol. The fraction of sp³-hybridized carbons (Fsp3) is 0.259. The molecule has 180 valence electrons. The number of carbonyl (C=O) groups is 2. The van der Waals surface area contributed by atoms with Crippen molar-refractivity contribution in [3.63, 3.8) is 0 Å². The Kier molecular flexibility index (Phi) is 6.55. The monoisotopic (exact) mass is 490 g/mol. The normalized spacial score (nSPS) is 16.0. The van der Waals surface area contributed by atoms with Crippen molar-refractivity contribution in [1.29, 1.82) is 0 Å². The Morgan fingerprint density at radius 3 is 2.60 bits per heavy atom. The van der Waals surface area contributed by atoms with Crippen LogP contribution in [0.2, 0.25) is 0 Å². The Bertz CT molecular complexity index is 1350. The molecule has 2 aromatic heterocycles. The first-order valence-electron chi connectivity index (χ1n) is 11.7. The van der Waals surface area contributed by atoms with Gasteiger partial charge in [0, 0.05) is 43.2 Å². The van der Waals surface area contributed by atoms with Gasteiger partial charge in [0.15, 0.2) is 0 Å². The molecule has 1 saturated heterocycles. The van der Waals surface area contributed by atoms with Crippen molar-refractivity contribution in [1.82, 2.24) is 19.7 Å². The quantitative estimate of drug-likeness (QED) is 0.431. The summed E-state index contributed by atoms with van der Waals surface area (Å²) in [6.45, 7) is 4.05. The van der Waals surface area contributed by atoms with Gasteiger partial charge in [-0.15, -0.1) is 11.3 Å². The van der Waals surface area contributed by atoms with Crippen molar-refractivity contribution >= 4 is 33.5 Å². The molecule has 0 unspecified atom stereocenters. The van der Waals surface area contributed by atoms with Crippen molar-refractivity contribution in [2.45, 2.75) is 26.1 Å². The molecule has 6 nitrogen and oxygen atoms in total. The molecule has 2 aromatic carbocycles. The summed E-state index contributed by atoms with van der Waals surface area (Å²) in [7, 11) is 0. The molecule has 4 aromatic rings. The molecule has 0 bridgehead atoms. The molecule has 0 radical (unpaired) electrons. The summed E-state index contributed by atoms with van der Waals surface area (Å²) in [5, 5.41) is 5.93. The fourth-order valence-corrected chi connectivity index (χ4v) is 5.48. The van der Waals surface area contributed by atoms with Gasteiger partial charge in [0.05, 0.1) is 6.54 Å². The van der Waals surface area contributed by atoms with E-state index < -0.39 is 0 Å². The van der Waals surface area contributed by atoms with Gasteiger partial charge in [-0.05, 0) is 36.1 Å². The zero-order valence-corrected chi connectivity index (χ0v) is 20.3. The molecule has 3 heterocycles. The Morgan fingerprint density at radius 2 is 1.83 bits per heavy atom. The number of nitrogens with one attached hydrogen (secondary N) is 1. The van der Waals surface area contributed by atoms with Gasteiger partial charge in [-0.25, -0.2) is 9.18 Å². The van der Waals surface area contributed by atoms with Crippen LogP contribution in [0.3, 0.4) is 0 Å². The molecule has 0 aliphatic carbocycles. The lowest BCUT2D eigenvalue weighted by Crippen LogP contribution is -2.57. The van der Waals surface area contributed by atoms with Crippen molar-refractivity contribution in [3.8, 4) is 0 Å². The van der Waals surface area contributed by atoms with Gasteiger partial charge in [-0.3, -0.25) is 4.79 Å². The molecule has 5 rings (SSSR count). The van der Waals surface area contributed by atoms with Gasteiger partial charge in [0.25, 0.3) is 5.91 Å². The number of rotatable bonds is 5. The number of urea groups is 1. The summed E-state index contributed by atoms with van der Waals surface area (Å²) in [6, 6.07) is 20.1. The third-order valence-electron chi connectivity index (χ3n) is 6.47. The molecule has 1 aliphatic rings. The van der Waals surface area contributed by atoms with Crippen LogP contribution < -0.4 is 5.32 Å². The van der Waals surface area contributed by atoms with Gasteiger partial charge in [0.2, 0.25) is 0 Å². The van der Waals surface area contributed by atoms with E-state index in [0.717, 1.165) is 15.8 Å². The molecule has 3 amide bonds. The van der Waals surface area contributed by atoms with E-state index in [1.807, 2.05) is 59.3 Å². The molecule has 1 aliphatic heterocycles. The lowest BCUT2D eigenvalue weighted by molar-refractivity contribution is 0.0570. The Balaban J connectivity index is 1.29. The first-order chi connectivity index (χ1) is 17.0. The molecule has 8 heteroatoms. The minimum atomic E-state index is -0.284. The van der Waals surface area contributed by atoms with Crippen LogP contribution in [0, 0.1) is 5.82 Å². The molecule has 0 saturated carbocycles. The van der Waals surface area contributed by atoms with Crippen LogP contribution in [0.5, 0.6) is 0 Å². The fourth-order valence-electron chi connectivity index (χ4n) is 4.59. The summed E-state index contributed by atoms with van der Waals surface area (Å²) < 4.78 is 16.3. The van der Waals surface area contributed by atoms with E-state index in [1.165, 1.54) is 6.07 Å². The summed E-state index contributed by atoms with van der Waals surface area (Å²) in [5.74, 6) is -0.381. The standard InChI is InChI=1S/C27H27FN4O2S/c1-19-17-30(12-13-31(19)27(34)29-16-20-7-3-2-4-8-20)25(33)24-15-21-11-14-35-26(21)32(24)18-22-9-5-6-10-23(22)28/h2-11,14-15,19H,12-13,16-18H2,1H3,(H,29,34)/t19-/m0/s1. The van der Waals surface area contributed by atoms with Gasteiger partial charge in [0.1, 0.15) is 16.3 Å². The molecular formula is C27H27FN4O2S. The minimum Gasteiger partial charge on any atom is -0.334 e. The largest absolute Gasteiger partial charge is 0.334 e. The first-order valence-corrected chi connectivity index (χ1v) is 12.6. The Hall–Kier alpha value is -3.65. The number of thiophene rings is 1. The highest BCUT2D eigenvalue weighted by Gasteiger charge is 2.31. The predicted octanol–water partition coefficient (Wildman–Crippen LogP) is 4.95. The van der Waals surface area contributed by atoms with E-state index in [2.05, 4.69) is 5.32 Å². The van der Waals surface area contributed by atoms with Crippen LogP contribution in [-0.2, 0) is 13.1 Å². The number of nitrogens with zero attached hydrogens (tertiary/aromatic N) is 3. The van der Waals surface area contributed by atoms with E-state index in [-0.39, 0.29) is 30.3 Å². The number of hydrogen-bond acceptors (Lipinski definition) is 3. The second kappa shape index (κ2) is 9.92. The second-order valence-electron chi connectivity index (χ2n) is 8.83. The average molecular weight is 491 g/mol. The summed E-state index contributed by atoms with van der Waals surface area (Å²) >= 11 is 1.54. The van der Waals surface area contributed by atoms with Crippen LogP contribution in [-0.4, -0.2) is 52.0 Å². The third kappa shape index (κ3) is 4.79. The zero-order valence-electron chi connectivity index (χ0n) is 19.5. The van der Waals surface area contributed by atoms with Gasteiger partial charge in [-0.2, -0.15) is 0 Å². The highest BCUT2D eigenvalue weighted by atomic mass is 32.1. The zero-order chi connectivity index (χ0) is 24.4. The summed E-state index contributed by atoms with van der Waals surface area (Å²) in [6.07, 6.45) is 0. The molecule has 1 atom stereocenters. The lowest BCUT2D eigenvalue weighted by atomic mass is 10.1. The number of carbonyl (C=O) groups excluding carboxylic acids is 2. The molecule has 1 fully saturated rings. The lowest BCUT2D eigenvalue weighted by Gasteiger charge is -2.39. The van der Waals surface area contributed by atoms with Crippen molar-refractivity contribution in [2.24, 2.45) is 0 Å². The second-order valence-corrected chi connectivity index (χ2v) is 9.72. The molecular weight excluding hydrogens is 463 g/mol. The van der Waals surface area contributed by atoms with Crippen LogP contribution in [0.25, 0.3) is 10.2 Å². The number of fused-ring (bicyclic) bond motifs is 1. The van der Waals surface area contributed by atoms with Gasteiger partial charge < -0.3 is 19.7 Å². The van der Waals surface area contributed by atoms with E-state index in [4.69, 9.17) is 0 Å². The number of amides is 3. The van der Waals surface area contributed by atoms with Crippen LogP contribution in [0.15, 0.2) is 72.1 Å². The average Bonchev–Trinajstić information content (AvgIpc) is 3.46. The number of halogens is 1. The number of aromatic nitrogens is 1. The number of piperazine rings is 1. The summed E-state index contributed by atoms with van der Waals surface area (Å²) in [5.41, 5.74) is 2.13. The topological polar surface area (TPSA) is 57.6 Å². The summed E-state index contributed by atoms with van der Waals surface area (Å²) in [4.78, 5) is 30.9. The maximum atomic E-state index is 14.4. The van der Waals surface area contributed by atoms with Crippen molar-refractivity contribution < 1.29 is 14.0 Å². The van der Waals surface area contributed by atoms with Crippen molar-refractivity contribution in [3.05, 3.63) is 94.7 Å². The van der Waals surface area contributed by atoms with Crippen LogP contribution in [0.1, 0.15) is 28.5 Å². The van der Waals surface area contributed by atoms with Gasteiger partial charge >= 0.3 is 6.03 Å². The molecule has 0 spiro atoms. The van der Waals surface area contributed by atoms with Crippen LogP contribution >= 0.6 is 11.3 Å². The van der Waals surface area contributed by atoms with Crippen molar-refractivity contribution in [2.75, 3.05) is 19.6 Å². The maximum absolute atomic E-state index is 14.4. The highest BCUT2D eigenvalue weighted by molar-refractivity contribution is 7.16. The molecule has 35 heavy (non-hydrogen) atoms. The maximum Gasteiger partial charge on any atom is 0.318 e. The smallest absolute Gasteiger partial charge is 0.318 e. The Morgan fingerprint density at radius 1 is 1.06 bits per heavy atom. The number of benzene rings is 2. The van der Waals surface area contributed by atoms with E-state index >= 15 is 0 Å². The third-order valence-corrected chi connectivity index (χ3v) is 7.42. The molecule has 1 N–H and O–H groups in total. The van der Waals surface area contributed by atoms with E-state index in [0.29, 0.717) is 37.4 Å². The highest BCUT2D eigenvalue weighted by Crippen LogP contribution is 2.28. The number of hydrogen-bond donors (Lipinski definition) is 1. The SMILES string of the molecule is C[C@H]1CN(C(=O)c2cc3ccsc3n2Cc2ccccc2F)CCN1C(=O)NCc1ccccc1. The van der Waals surface area contributed by atoms with E-state index in [1.54, 1.807) is 39.3 Å². The van der Waals surface area contributed by atoms with Gasteiger partial charge in [-0.1, -0.05) is 48.5 Å². The van der Waals surface area contributed by atoms with Crippen LogP contribution in [0.4, 0.5) is 9.18 Å². The van der Waals surface area contributed by atoms with E-state index in [9.17, 15) is 14.0 Å². The Labute approximate surface area is 207 Å².